The summed E-state index contributed by atoms with van der Waals surface area (Å²) in [6, 6.07) is 0. The van der Waals surface area contributed by atoms with Gasteiger partial charge >= 0.3 is 0 Å². The minimum Gasteiger partial charge on any atom is -0.0654 e. The van der Waals surface area contributed by atoms with Gasteiger partial charge in [-0.2, -0.15) is 0 Å². The van der Waals surface area contributed by atoms with Crippen molar-refractivity contribution in [3.05, 3.63) is 0 Å². The molecule has 0 aromatic heterocycles. The van der Waals surface area contributed by atoms with Crippen molar-refractivity contribution in [2.75, 3.05) is 0 Å². The van der Waals surface area contributed by atoms with Crippen molar-refractivity contribution < 1.29 is 0 Å². The Labute approximate surface area is 146 Å². The lowest BCUT2D eigenvalue weighted by molar-refractivity contribution is -0.0964. The second-order valence-electron chi connectivity index (χ2n) is 10.1. The highest BCUT2D eigenvalue weighted by Gasteiger charge is 2.58. The van der Waals surface area contributed by atoms with Gasteiger partial charge in [0.15, 0.2) is 0 Å². The van der Waals surface area contributed by atoms with Gasteiger partial charge in [0.2, 0.25) is 0 Å². The number of fused-ring (bicyclic) bond motifs is 3. The van der Waals surface area contributed by atoms with E-state index in [2.05, 4.69) is 34.6 Å². The molecule has 0 nitrogen and oxygen atoms in total. The SMILES string of the molecule is CCCCC1(C)C(C)CCC2C1CCC1(C)C(CCC)CCC21. The third-order valence-corrected chi connectivity index (χ3v) is 9.25. The molecular formula is C23H42. The van der Waals surface area contributed by atoms with E-state index in [1.165, 1.54) is 44.9 Å². The molecule has 3 aliphatic rings. The number of unbranched alkanes of at least 4 members (excludes halogenated alkanes) is 1. The summed E-state index contributed by atoms with van der Waals surface area (Å²) in [7, 11) is 0. The normalized spacial score (nSPS) is 49.7. The molecule has 0 bridgehead atoms. The molecule has 3 saturated carbocycles. The van der Waals surface area contributed by atoms with Gasteiger partial charge in [-0.05, 0) is 85.4 Å². The molecule has 3 fully saturated rings. The van der Waals surface area contributed by atoms with Crippen molar-refractivity contribution >= 4 is 0 Å². The standard InChI is InChI=1S/C23H42/c1-6-8-15-22(4)17(3)10-12-19-20-13-11-18(9-7-2)23(20,5)16-14-21(19)22/h17-21H,6-16H2,1-5H3. The Balaban J connectivity index is 1.82. The predicted octanol–water partition coefficient (Wildman–Crippen LogP) is 7.47. The minimum absolute atomic E-state index is 0.642. The molecule has 0 heteroatoms. The van der Waals surface area contributed by atoms with Crippen LogP contribution in [-0.4, -0.2) is 0 Å². The van der Waals surface area contributed by atoms with E-state index < -0.39 is 0 Å². The van der Waals surface area contributed by atoms with E-state index >= 15 is 0 Å². The highest BCUT2D eigenvalue weighted by molar-refractivity contribution is 5.07. The fourth-order valence-corrected chi connectivity index (χ4v) is 7.57. The summed E-state index contributed by atoms with van der Waals surface area (Å²) >= 11 is 0. The predicted molar refractivity (Wildman–Crippen MR) is 101 cm³/mol. The molecule has 0 spiro atoms. The largest absolute Gasteiger partial charge is 0.0654 e. The van der Waals surface area contributed by atoms with Gasteiger partial charge in [-0.15, -0.1) is 0 Å². The summed E-state index contributed by atoms with van der Waals surface area (Å²) in [5.74, 6) is 5.16. The van der Waals surface area contributed by atoms with Gasteiger partial charge in [0, 0.05) is 0 Å². The maximum absolute atomic E-state index is 2.70. The van der Waals surface area contributed by atoms with Crippen LogP contribution in [0.4, 0.5) is 0 Å². The monoisotopic (exact) mass is 318 g/mol. The zero-order chi connectivity index (χ0) is 16.7. The first kappa shape index (κ1) is 17.8. The number of hydrogen-bond donors (Lipinski definition) is 0. The van der Waals surface area contributed by atoms with Gasteiger partial charge in [0.1, 0.15) is 0 Å². The van der Waals surface area contributed by atoms with Crippen LogP contribution in [-0.2, 0) is 0 Å². The summed E-state index contributed by atoms with van der Waals surface area (Å²) in [6.45, 7) is 12.7. The van der Waals surface area contributed by atoms with E-state index in [4.69, 9.17) is 0 Å². The molecule has 3 aliphatic carbocycles. The molecule has 23 heavy (non-hydrogen) atoms. The fourth-order valence-electron chi connectivity index (χ4n) is 7.57. The first-order valence-electron chi connectivity index (χ1n) is 11.0. The lowest BCUT2D eigenvalue weighted by Crippen LogP contribution is -2.51. The molecule has 0 saturated heterocycles. The van der Waals surface area contributed by atoms with Crippen LogP contribution in [0.25, 0.3) is 0 Å². The van der Waals surface area contributed by atoms with Crippen LogP contribution in [0.1, 0.15) is 105 Å². The molecule has 7 atom stereocenters. The lowest BCUT2D eigenvalue weighted by Gasteiger charge is -2.59. The van der Waals surface area contributed by atoms with E-state index in [1.807, 2.05) is 0 Å². The summed E-state index contributed by atoms with van der Waals surface area (Å²) in [6.07, 6.45) is 16.4. The van der Waals surface area contributed by atoms with E-state index in [0.29, 0.717) is 10.8 Å². The number of rotatable bonds is 5. The summed E-state index contributed by atoms with van der Waals surface area (Å²) in [4.78, 5) is 0. The molecule has 0 N–H and O–H groups in total. The fraction of sp³-hybridized carbons (Fsp3) is 1.00. The first-order chi connectivity index (χ1) is 11.0. The molecule has 0 aromatic carbocycles. The van der Waals surface area contributed by atoms with Gasteiger partial charge in [-0.3, -0.25) is 0 Å². The molecule has 0 amide bonds. The quantitative estimate of drug-likeness (QED) is 0.493. The maximum atomic E-state index is 2.70. The minimum atomic E-state index is 0.642. The summed E-state index contributed by atoms with van der Waals surface area (Å²) < 4.78 is 0. The Morgan fingerprint density at radius 3 is 2.35 bits per heavy atom. The van der Waals surface area contributed by atoms with Crippen LogP contribution in [0.5, 0.6) is 0 Å². The molecular weight excluding hydrogens is 276 g/mol. The highest BCUT2D eigenvalue weighted by Crippen LogP contribution is 2.66. The average Bonchev–Trinajstić information content (AvgIpc) is 2.86. The van der Waals surface area contributed by atoms with Crippen molar-refractivity contribution in [3.63, 3.8) is 0 Å². The van der Waals surface area contributed by atoms with Crippen LogP contribution >= 0.6 is 0 Å². The van der Waals surface area contributed by atoms with Crippen LogP contribution in [0, 0.1) is 40.4 Å². The van der Waals surface area contributed by atoms with Crippen LogP contribution in [0.3, 0.4) is 0 Å². The molecule has 0 radical (unpaired) electrons. The highest BCUT2D eigenvalue weighted by atomic mass is 14.6. The lowest BCUT2D eigenvalue weighted by atomic mass is 9.46. The Morgan fingerprint density at radius 1 is 0.870 bits per heavy atom. The Morgan fingerprint density at radius 2 is 1.65 bits per heavy atom. The van der Waals surface area contributed by atoms with Gasteiger partial charge in [-0.1, -0.05) is 60.3 Å². The van der Waals surface area contributed by atoms with E-state index in [1.54, 1.807) is 25.7 Å². The van der Waals surface area contributed by atoms with Gasteiger partial charge in [0.25, 0.3) is 0 Å². The molecule has 3 rings (SSSR count). The molecule has 0 aliphatic heterocycles. The van der Waals surface area contributed by atoms with Gasteiger partial charge in [-0.25, -0.2) is 0 Å². The molecule has 0 heterocycles. The second-order valence-corrected chi connectivity index (χ2v) is 10.1. The number of hydrogen-bond acceptors (Lipinski definition) is 0. The molecule has 7 unspecified atom stereocenters. The van der Waals surface area contributed by atoms with Crippen molar-refractivity contribution in [2.45, 2.75) is 105 Å². The van der Waals surface area contributed by atoms with Crippen LogP contribution in [0.2, 0.25) is 0 Å². The third-order valence-electron chi connectivity index (χ3n) is 9.25. The first-order valence-corrected chi connectivity index (χ1v) is 11.0. The zero-order valence-electron chi connectivity index (χ0n) is 16.7. The Kier molecular flexibility index (Phi) is 5.20. The maximum Gasteiger partial charge on any atom is -0.0266 e. The zero-order valence-corrected chi connectivity index (χ0v) is 16.7. The smallest absolute Gasteiger partial charge is 0.0266 e. The molecule has 0 aromatic rings. The van der Waals surface area contributed by atoms with Crippen molar-refractivity contribution in [3.8, 4) is 0 Å². The average molecular weight is 319 g/mol. The third kappa shape index (κ3) is 2.81. The summed E-state index contributed by atoms with van der Waals surface area (Å²) in [5, 5.41) is 0. The van der Waals surface area contributed by atoms with E-state index in [9.17, 15) is 0 Å². The second kappa shape index (κ2) is 6.72. The topological polar surface area (TPSA) is 0 Å². The van der Waals surface area contributed by atoms with Crippen LogP contribution in [0.15, 0.2) is 0 Å². The van der Waals surface area contributed by atoms with Gasteiger partial charge < -0.3 is 0 Å². The van der Waals surface area contributed by atoms with Crippen molar-refractivity contribution in [2.24, 2.45) is 40.4 Å². The Bertz CT molecular complexity index is 399. The Hall–Kier alpha value is 0. The van der Waals surface area contributed by atoms with Crippen LogP contribution < -0.4 is 0 Å². The van der Waals surface area contributed by atoms with E-state index in [0.717, 1.165) is 29.6 Å². The van der Waals surface area contributed by atoms with E-state index in [-0.39, 0.29) is 0 Å². The van der Waals surface area contributed by atoms with Gasteiger partial charge in [0.05, 0.1) is 0 Å². The molecule has 134 valence electrons. The van der Waals surface area contributed by atoms with Crippen molar-refractivity contribution in [1.29, 1.82) is 0 Å². The summed E-state index contributed by atoms with van der Waals surface area (Å²) in [5.41, 5.74) is 1.34. The van der Waals surface area contributed by atoms with Crippen molar-refractivity contribution in [1.82, 2.24) is 0 Å².